The second-order valence-corrected chi connectivity index (χ2v) is 4.79. The summed E-state index contributed by atoms with van der Waals surface area (Å²) in [7, 11) is 0. The van der Waals surface area contributed by atoms with E-state index < -0.39 is 0 Å². The van der Waals surface area contributed by atoms with Crippen molar-refractivity contribution in [1.29, 1.82) is 0 Å². The van der Waals surface area contributed by atoms with Crippen molar-refractivity contribution in [2.45, 2.75) is 64.6 Å². The van der Waals surface area contributed by atoms with Crippen molar-refractivity contribution in [3.8, 4) is 0 Å². The molecule has 2 nitrogen and oxygen atoms in total. The summed E-state index contributed by atoms with van der Waals surface area (Å²) in [4.78, 5) is 0. The van der Waals surface area contributed by atoms with Crippen molar-refractivity contribution in [3.05, 3.63) is 0 Å². The number of ether oxygens (including phenoxy) is 1. The second-order valence-electron chi connectivity index (χ2n) is 4.79. The first-order chi connectivity index (χ1) is 6.65. The predicted molar refractivity (Wildman–Crippen MR) is 60.3 cm³/mol. The van der Waals surface area contributed by atoms with Crippen LogP contribution in [-0.4, -0.2) is 18.2 Å². The Kier molecular flexibility index (Phi) is 4.39. The molecule has 2 N–H and O–H groups in total. The van der Waals surface area contributed by atoms with Crippen LogP contribution in [0.5, 0.6) is 0 Å². The Morgan fingerprint density at radius 3 is 2.43 bits per heavy atom. The van der Waals surface area contributed by atoms with Crippen molar-refractivity contribution in [3.63, 3.8) is 0 Å². The lowest BCUT2D eigenvalue weighted by molar-refractivity contribution is -0.0882. The van der Waals surface area contributed by atoms with E-state index >= 15 is 0 Å². The van der Waals surface area contributed by atoms with E-state index in [0.29, 0.717) is 12.6 Å². The fraction of sp³-hybridized carbons (Fsp3) is 1.00. The highest BCUT2D eigenvalue weighted by atomic mass is 16.5. The molecule has 0 amide bonds. The highest BCUT2D eigenvalue weighted by Gasteiger charge is 2.38. The Morgan fingerprint density at radius 2 is 2.07 bits per heavy atom. The summed E-state index contributed by atoms with van der Waals surface area (Å²) in [5.74, 6) is 0.785. The standard InChI is InChI=1S/C12H25NO/c1-4-11(5-2)14-12(9-13)7-6-10(3)8-12/h10-11H,4-9,13H2,1-3H3. The molecule has 0 radical (unpaired) electrons. The molecule has 84 valence electrons. The Labute approximate surface area is 88.2 Å². The van der Waals surface area contributed by atoms with E-state index in [1.165, 1.54) is 6.42 Å². The van der Waals surface area contributed by atoms with Gasteiger partial charge >= 0.3 is 0 Å². The summed E-state index contributed by atoms with van der Waals surface area (Å²) in [6.45, 7) is 7.37. The van der Waals surface area contributed by atoms with Crippen molar-refractivity contribution < 1.29 is 4.74 Å². The van der Waals surface area contributed by atoms with Crippen LogP contribution >= 0.6 is 0 Å². The number of hydrogen-bond donors (Lipinski definition) is 1. The lowest BCUT2D eigenvalue weighted by Gasteiger charge is -2.32. The van der Waals surface area contributed by atoms with Gasteiger partial charge in [-0.15, -0.1) is 0 Å². The summed E-state index contributed by atoms with van der Waals surface area (Å²) in [6, 6.07) is 0. The Bertz CT molecular complexity index is 168. The summed E-state index contributed by atoms with van der Waals surface area (Å²) < 4.78 is 6.19. The molecule has 2 heteroatoms. The first kappa shape index (κ1) is 12.0. The molecule has 1 rings (SSSR count). The van der Waals surface area contributed by atoms with Crippen LogP contribution in [0.1, 0.15) is 52.9 Å². The molecular weight excluding hydrogens is 174 g/mol. The minimum absolute atomic E-state index is 0.0100. The maximum absolute atomic E-state index is 6.19. The fourth-order valence-electron chi connectivity index (χ4n) is 2.50. The molecule has 0 aromatic heterocycles. The molecule has 2 unspecified atom stereocenters. The minimum atomic E-state index is 0.0100. The van der Waals surface area contributed by atoms with E-state index in [9.17, 15) is 0 Å². The monoisotopic (exact) mass is 199 g/mol. The van der Waals surface area contributed by atoms with Crippen LogP contribution in [0, 0.1) is 5.92 Å². The van der Waals surface area contributed by atoms with Gasteiger partial charge in [0.1, 0.15) is 0 Å². The number of nitrogens with two attached hydrogens (primary N) is 1. The third kappa shape index (κ3) is 2.71. The van der Waals surface area contributed by atoms with Gasteiger partial charge in [0.25, 0.3) is 0 Å². The van der Waals surface area contributed by atoms with Gasteiger partial charge < -0.3 is 10.5 Å². The lowest BCUT2D eigenvalue weighted by atomic mass is 10.00. The largest absolute Gasteiger partial charge is 0.370 e. The van der Waals surface area contributed by atoms with Gasteiger partial charge in [-0.2, -0.15) is 0 Å². The Balaban J connectivity index is 2.53. The van der Waals surface area contributed by atoms with E-state index in [-0.39, 0.29) is 5.60 Å². The second kappa shape index (κ2) is 5.13. The zero-order valence-corrected chi connectivity index (χ0v) is 9.88. The zero-order valence-electron chi connectivity index (χ0n) is 9.88. The molecule has 0 spiro atoms. The average Bonchev–Trinajstić information content (AvgIpc) is 2.57. The van der Waals surface area contributed by atoms with Gasteiger partial charge in [-0.05, 0) is 38.0 Å². The summed E-state index contributed by atoms with van der Waals surface area (Å²) in [5, 5.41) is 0. The third-order valence-electron chi connectivity index (χ3n) is 3.51. The van der Waals surface area contributed by atoms with Gasteiger partial charge in [0, 0.05) is 6.54 Å². The number of rotatable bonds is 5. The predicted octanol–water partition coefficient (Wildman–Crippen LogP) is 2.71. The molecule has 1 saturated carbocycles. The van der Waals surface area contributed by atoms with Crippen molar-refractivity contribution in [2.75, 3.05) is 6.54 Å². The van der Waals surface area contributed by atoms with E-state index in [0.717, 1.165) is 31.6 Å². The van der Waals surface area contributed by atoms with Crippen LogP contribution < -0.4 is 5.73 Å². The summed E-state index contributed by atoms with van der Waals surface area (Å²) in [6.07, 6.45) is 6.20. The molecule has 1 aliphatic carbocycles. The van der Waals surface area contributed by atoms with Gasteiger partial charge in [0.2, 0.25) is 0 Å². The van der Waals surface area contributed by atoms with Gasteiger partial charge in [-0.25, -0.2) is 0 Å². The first-order valence-electron chi connectivity index (χ1n) is 6.03. The molecule has 0 aliphatic heterocycles. The highest BCUT2D eigenvalue weighted by Crippen LogP contribution is 2.37. The topological polar surface area (TPSA) is 35.2 Å². The van der Waals surface area contributed by atoms with Gasteiger partial charge in [0.05, 0.1) is 11.7 Å². The number of hydrogen-bond acceptors (Lipinski definition) is 2. The van der Waals surface area contributed by atoms with E-state index in [2.05, 4.69) is 20.8 Å². The normalized spacial score (nSPS) is 32.8. The lowest BCUT2D eigenvalue weighted by Crippen LogP contribution is -2.41. The molecular formula is C12H25NO. The van der Waals surface area contributed by atoms with Crippen LogP contribution in [0.3, 0.4) is 0 Å². The van der Waals surface area contributed by atoms with Gasteiger partial charge in [-0.1, -0.05) is 20.8 Å². The minimum Gasteiger partial charge on any atom is -0.370 e. The van der Waals surface area contributed by atoms with Crippen molar-refractivity contribution in [1.82, 2.24) is 0 Å². The molecule has 0 aromatic rings. The average molecular weight is 199 g/mol. The van der Waals surface area contributed by atoms with Gasteiger partial charge in [0.15, 0.2) is 0 Å². The first-order valence-corrected chi connectivity index (χ1v) is 6.03. The zero-order chi connectivity index (χ0) is 10.6. The molecule has 1 fully saturated rings. The molecule has 2 atom stereocenters. The maximum atomic E-state index is 6.19. The Morgan fingerprint density at radius 1 is 1.43 bits per heavy atom. The van der Waals surface area contributed by atoms with Crippen LogP contribution in [0.2, 0.25) is 0 Å². The summed E-state index contributed by atoms with van der Waals surface area (Å²) in [5.41, 5.74) is 5.87. The fourth-order valence-corrected chi connectivity index (χ4v) is 2.50. The maximum Gasteiger partial charge on any atom is 0.0810 e. The van der Waals surface area contributed by atoms with Crippen LogP contribution in [0.4, 0.5) is 0 Å². The van der Waals surface area contributed by atoms with Crippen LogP contribution in [0.15, 0.2) is 0 Å². The Hall–Kier alpha value is -0.0800. The van der Waals surface area contributed by atoms with Crippen molar-refractivity contribution >= 4 is 0 Å². The molecule has 14 heavy (non-hydrogen) atoms. The van der Waals surface area contributed by atoms with E-state index in [4.69, 9.17) is 10.5 Å². The van der Waals surface area contributed by atoms with Crippen LogP contribution in [0.25, 0.3) is 0 Å². The summed E-state index contributed by atoms with van der Waals surface area (Å²) >= 11 is 0. The van der Waals surface area contributed by atoms with Crippen LogP contribution in [-0.2, 0) is 4.74 Å². The third-order valence-corrected chi connectivity index (χ3v) is 3.51. The highest BCUT2D eigenvalue weighted by molar-refractivity contribution is 4.91. The SMILES string of the molecule is CCC(CC)OC1(CN)CCC(C)C1. The van der Waals surface area contributed by atoms with Gasteiger partial charge in [-0.3, -0.25) is 0 Å². The van der Waals surface area contributed by atoms with E-state index in [1.807, 2.05) is 0 Å². The quantitative estimate of drug-likeness (QED) is 0.739. The molecule has 0 heterocycles. The molecule has 0 aromatic carbocycles. The molecule has 1 aliphatic rings. The molecule has 0 bridgehead atoms. The van der Waals surface area contributed by atoms with E-state index in [1.54, 1.807) is 0 Å². The molecule has 0 saturated heterocycles. The van der Waals surface area contributed by atoms with Crippen molar-refractivity contribution in [2.24, 2.45) is 11.7 Å². The smallest absolute Gasteiger partial charge is 0.0810 e.